The van der Waals surface area contributed by atoms with E-state index in [1.54, 1.807) is 0 Å². The SMILES string of the molecule is C[C@@H]1CNCC[S@@](=O)C1. The van der Waals surface area contributed by atoms with Crippen LogP contribution in [0.3, 0.4) is 0 Å². The van der Waals surface area contributed by atoms with Crippen LogP contribution in [0.5, 0.6) is 0 Å². The van der Waals surface area contributed by atoms with Crippen molar-refractivity contribution in [2.75, 3.05) is 24.6 Å². The summed E-state index contributed by atoms with van der Waals surface area (Å²) in [5, 5.41) is 3.23. The van der Waals surface area contributed by atoms with E-state index in [4.69, 9.17) is 0 Å². The van der Waals surface area contributed by atoms with Crippen molar-refractivity contribution in [3.05, 3.63) is 0 Å². The molecule has 1 aliphatic heterocycles. The molecule has 0 aromatic heterocycles. The Morgan fingerprint density at radius 1 is 1.67 bits per heavy atom. The summed E-state index contributed by atoms with van der Waals surface area (Å²) in [6.45, 7) is 4.10. The van der Waals surface area contributed by atoms with Crippen LogP contribution in [0.15, 0.2) is 0 Å². The van der Waals surface area contributed by atoms with E-state index in [-0.39, 0.29) is 0 Å². The summed E-state index contributed by atoms with van der Waals surface area (Å²) in [7, 11) is -0.550. The van der Waals surface area contributed by atoms with Crippen LogP contribution in [0, 0.1) is 5.92 Å². The zero-order chi connectivity index (χ0) is 6.69. The fourth-order valence-corrected chi connectivity index (χ4v) is 2.29. The van der Waals surface area contributed by atoms with Gasteiger partial charge in [0.15, 0.2) is 0 Å². The summed E-state index contributed by atoms with van der Waals surface area (Å²) < 4.78 is 11.0. The summed E-state index contributed by atoms with van der Waals surface area (Å²) in [6.07, 6.45) is 0. The van der Waals surface area contributed by atoms with Crippen LogP contribution in [-0.4, -0.2) is 28.8 Å². The first-order valence-electron chi connectivity index (χ1n) is 3.34. The topological polar surface area (TPSA) is 29.1 Å². The third-order valence-corrected chi connectivity index (χ3v) is 3.07. The molecule has 0 aliphatic carbocycles. The Kier molecular flexibility index (Phi) is 2.66. The van der Waals surface area contributed by atoms with Crippen LogP contribution in [0.2, 0.25) is 0 Å². The fourth-order valence-electron chi connectivity index (χ4n) is 0.994. The average Bonchev–Trinajstić information content (AvgIpc) is 1.93. The minimum atomic E-state index is -0.550. The van der Waals surface area contributed by atoms with E-state index in [2.05, 4.69) is 12.2 Å². The van der Waals surface area contributed by atoms with Gasteiger partial charge in [-0.25, -0.2) is 0 Å². The maximum Gasteiger partial charge on any atom is 0.0360 e. The predicted octanol–water partition coefficient (Wildman–Crippen LogP) is -0.0256. The number of hydrogen-bond donors (Lipinski definition) is 1. The minimum absolute atomic E-state index is 0.550. The highest BCUT2D eigenvalue weighted by Gasteiger charge is 2.10. The van der Waals surface area contributed by atoms with E-state index in [0.29, 0.717) is 5.92 Å². The van der Waals surface area contributed by atoms with E-state index in [1.165, 1.54) is 0 Å². The second-order valence-electron chi connectivity index (χ2n) is 2.62. The van der Waals surface area contributed by atoms with E-state index >= 15 is 0 Å². The molecule has 0 aromatic carbocycles. The largest absolute Gasteiger partial charge is 0.316 e. The first kappa shape index (κ1) is 7.22. The Bertz CT molecular complexity index is 116. The van der Waals surface area contributed by atoms with Crippen molar-refractivity contribution >= 4 is 10.8 Å². The third kappa shape index (κ3) is 2.45. The summed E-state index contributed by atoms with van der Waals surface area (Å²) in [5.74, 6) is 2.31. The van der Waals surface area contributed by atoms with Crippen LogP contribution in [0.4, 0.5) is 0 Å². The third-order valence-electron chi connectivity index (χ3n) is 1.47. The maximum absolute atomic E-state index is 11.0. The molecule has 0 amide bonds. The molecule has 2 atom stereocenters. The second-order valence-corrected chi connectivity index (χ2v) is 4.24. The Morgan fingerprint density at radius 2 is 2.44 bits per heavy atom. The van der Waals surface area contributed by atoms with Crippen LogP contribution in [0.25, 0.3) is 0 Å². The van der Waals surface area contributed by atoms with Gasteiger partial charge in [-0.3, -0.25) is 4.21 Å². The van der Waals surface area contributed by atoms with Crippen LogP contribution in [0.1, 0.15) is 6.92 Å². The smallest absolute Gasteiger partial charge is 0.0360 e. The Hall–Kier alpha value is 0.110. The van der Waals surface area contributed by atoms with Gasteiger partial charge in [-0.2, -0.15) is 0 Å². The van der Waals surface area contributed by atoms with Crippen molar-refractivity contribution in [2.24, 2.45) is 5.92 Å². The lowest BCUT2D eigenvalue weighted by Gasteiger charge is -2.03. The highest BCUT2D eigenvalue weighted by Crippen LogP contribution is 1.99. The molecule has 1 rings (SSSR count). The van der Waals surface area contributed by atoms with Gasteiger partial charge in [0, 0.05) is 28.9 Å². The molecule has 1 fully saturated rings. The quantitative estimate of drug-likeness (QED) is 0.521. The molecule has 0 spiro atoms. The van der Waals surface area contributed by atoms with Crippen molar-refractivity contribution in [3.8, 4) is 0 Å². The fraction of sp³-hybridized carbons (Fsp3) is 1.00. The van der Waals surface area contributed by atoms with E-state index < -0.39 is 10.8 Å². The summed E-state index contributed by atoms with van der Waals surface area (Å²) in [6, 6.07) is 0. The maximum atomic E-state index is 11.0. The predicted molar refractivity (Wildman–Crippen MR) is 39.9 cm³/mol. The Morgan fingerprint density at radius 3 is 3.22 bits per heavy atom. The zero-order valence-electron chi connectivity index (χ0n) is 5.72. The van der Waals surface area contributed by atoms with Crippen LogP contribution < -0.4 is 5.32 Å². The van der Waals surface area contributed by atoms with Crippen LogP contribution in [-0.2, 0) is 10.8 Å². The normalized spacial score (nSPS) is 37.9. The van der Waals surface area contributed by atoms with Gasteiger partial charge in [-0.1, -0.05) is 6.92 Å². The molecule has 0 unspecified atom stereocenters. The Balaban J connectivity index is 2.37. The highest BCUT2D eigenvalue weighted by atomic mass is 32.2. The molecule has 0 radical (unpaired) electrons. The molecule has 2 nitrogen and oxygen atoms in total. The van der Waals surface area contributed by atoms with Crippen LogP contribution >= 0.6 is 0 Å². The standard InChI is InChI=1S/C6H13NOS/c1-6-4-7-2-3-9(8)5-6/h6-7H,2-5H2,1H3/t6-,9-/m1/s1. The van der Waals surface area contributed by atoms with Crippen molar-refractivity contribution in [1.29, 1.82) is 0 Å². The monoisotopic (exact) mass is 147 g/mol. The summed E-state index contributed by atoms with van der Waals surface area (Å²) >= 11 is 0. The van der Waals surface area contributed by atoms with Gasteiger partial charge in [0.2, 0.25) is 0 Å². The highest BCUT2D eigenvalue weighted by molar-refractivity contribution is 7.85. The molecular formula is C6H13NOS. The van der Waals surface area contributed by atoms with Gasteiger partial charge < -0.3 is 5.32 Å². The molecular weight excluding hydrogens is 134 g/mol. The first-order valence-corrected chi connectivity index (χ1v) is 4.83. The molecule has 0 bridgehead atoms. The molecule has 1 N–H and O–H groups in total. The van der Waals surface area contributed by atoms with Gasteiger partial charge >= 0.3 is 0 Å². The van der Waals surface area contributed by atoms with E-state index in [9.17, 15) is 4.21 Å². The van der Waals surface area contributed by atoms with Gasteiger partial charge in [-0.05, 0) is 12.5 Å². The molecule has 1 saturated heterocycles. The molecule has 54 valence electrons. The van der Waals surface area contributed by atoms with Crippen molar-refractivity contribution in [1.82, 2.24) is 5.32 Å². The average molecular weight is 147 g/mol. The number of nitrogens with one attached hydrogen (secondary N) is 1. The van der Waals surface area contributed by atoms with E-state index in [0.717, 1.165) is 24.6 Å². The number of hydrogen-bond acceptors (Lipinski definition) is 2. The molecule has 0 saturated carbocycles. The van der Waals surface area contributed by atoms with Gasteiger partial charge in [0.1, 0.15) is 0 Å². The van der Waals surface area contributed by atoms with Crippen molar-refractivity contribution < 1.29 is 4.21 Å². The lowest BCUT2D eigenvalue weighted by Crippen LogP contribution is -2.20. The van der Waals surface area contributed by atoms with Gasteiger partial charge in [0.05, 0.1) is 0 Å². The van der Waals surface area contributed by atoms with E-state index in [1.807, 2.05) is 0 Å². The van der Waals surface area contributed by atoms with Gasteiger partial charge in [-0.15, -0.1) is 0 Å². The lowest BCUT2D eigenvalue weighted by molar-refractivity contribution is 0.584. The molecule has 9 heavy (non-hydrogen) atoms. The number of rotatable bonds is 0. The first-order chi connectivity index (χ1) is 4.29. The van der Waals surface area contributed by atoms with Crippen molar-refractivity contribution in [2.45, 2.75) is 6.92 Å². The Labute approximate surface area is 58.5 Å². The van der Waals surface area contributed by atoms with Gasteiger partial charge in [0.25, 0.3) is 0 Å². The lowest BCUT2D eigenvalue weighted by atomic mass is 10.2. The zero-order valence-corrected chi connectivity index (χ0v) is 6.54. The molecule has 1 aliphatic rings. The minimum Gasteiger partial charge on any atom is -0.316 e. The molecule has 0 aromatic rings. The molecule has 1 heterocycles. The summed E-state index contributed by atoms with van der Waals surface area (Å²) in [5.41, 5.74) is 0. The molecule has 3 heteroatoms. The summed E-state index contributed by atoms with van der Waals surface area (Å²) in [4.78, 5) is 0. The van der Waals surface area contributed by atoms with Crippen molar-refractivity contribution in [3.63, 3.8) is 0 Å². The second kappa shape index (κ2) is 3.32.